The lowest BCUT2D eigenvalue weighted by Gasteiger charge is -2.07. The molecule has 2 heterocycles. The van der Waals surface area contributed by atoms with E-state index in [1.54, 1.807) is 36.6 Å². The Hall–Kier alpha value is -2.57. The van der Waals surface area contributed by atoms with E-state index in [2.05, 4.69) is 20.6 Å². The van der Waals surface area contributed by atoms with E-state index in [1.165, 1.54) is 6.33 Å². The number of aromatic nitrogens is 2. The highest BCUT2D eigenvalue weighted by Crippen LogP contribution is 2.22. The molecule has 0 radical (unpaired) electrons. The summed E-state index contributed by atoms with van der Waals surface area (Å²) in [5.41, 5.74) is 0.698. The van der Waals surface area contributed by atoms with Crippen LogP contribution in [0.4, 0.5) is 11.5 Å². The molecule has 0 aliphatic rings. The molecule has 0 aliphatic heterocycles. The predicted molar refractivity (Wildman–Crippen MR) is 92.5 cm³/mol. The topological polar surface area (TPSA) is 80.0 Å². The second kappa shape index (κ2) is 7.33. The fraction of sp³-hybridized carbons (Fsp3) is 0.0625. The number of carbonyl (C=O) groups excluding carboxylic acids is 1. The maximum absolute atomic E-state index is 12.3. The van der Waals surface area contributed by atoms with E-state index in [4.69, 9.17) is 27.6 Å². The van der Waals surface area contributed by atoms with Crippen molar-refractivity contribution >= 4 is 40.6 Å². The summed E-state index contributed by atoms with van der Waals surface area (Å²) < 4.78 is 5.22. The zero-order valence-electron chi connectivity index (χ0n) is 12.3. The van der Waals surface area contributed by atoms with Gasteiger partial charge < -0.3 is 15.1 Å². The van der Waals surface area contributed by atoms with Crippen LogP contribution in [0.25, 0.3) is 0 Å². The van der Waals surface area contributed by atoms with Gasteiger partial charge in [0.15, 0.2) is 0 Å². The van der Waals surface area contributed by atoms with Crippen LogP contribution in [0.15, 0.2) is 53.4 Å². The molecule has 1 amide bonds. The van der Waals surface area contributed by atoms with Gasteiger partial charge in [0.05, 0.1) is 12.8 Å². The van der Waals surface area contributed by atoms with E-state index < -0.39 is 5.91 Å². The van der Waals surface area contributed by atoms with Crippen LogP contribution in [0.5, 0.6) is 0 Å². The highest BCUT2D eigenvalue weighted by atomic mass is 35.5. The lowest BCUT2D eigenvalue weighted by atomic mass is 10.3. The number of hydrogen-bond acceptors (Lipinski definition) is 5. The minimum Gasteiger partial charge on any atom is -0.467 e. The lowest BCUT2D eigenvalue weighted by Crippen LogP contribution is -2.14. The van der Waals surface area contributed by atoms with Crippen LogP contribution in [0.3, 0.4) is 0 Å². The van der Waals surface area contributed by atoms with E-state index in [0.29, 0.717) is 28.1 Å². The minimum absolute atomic E-state index is 0.211. The van der Waals surface area contributed by atoms with E-state index in [0.717, 1.165) is 5.76 Å². The second-order valence-corrected chi connectivity index (χ2v) is 5.71. The molecule has 0 unspecified atom stereocenters. The fourth-order valence-corrected chi connectivity index (χ4v) is 2.52. The molecule has 6 nitrogen and oxygen atoms in total. The van der Waals surface area contributed by atoms with Crippen LogP contribution in [-0.4, -0.2) is 15.9 Å². The fourth-order valence-electron chi connectivity index (χ4n) is 1.99. The summed E-state index contributed by atoms with van der Waals surface area (Å²) in [6, 6.07) is 9.96. The molecule has 0 spiro atoms. The average Bonchev–Trinajstić information content (AvgIpc) is 3.05. The van der Waals surface area contributed by atoms with Gasteiger partial charge in [-0.3, -0.25) is 4.79 Å². The lowest BCUT2D eigenvalue weighted by molar-refractivity contribution is 0.102. The number of halogens is 2. The standard InChI is InChI=1S/C16H12Cl2N4O2/c17-10-4-11(18)6-12(5-10)22-16(23)14-7-15(21-9-20-14)19-8-13-2-1-3-24-13/h1-7,9H,8H2,(H,22,23)(H,19,20,21). The number of benzene rings is 1. The van der Waals surface area contributed by atoms with Crippen LogP contribution >= 0.6 is 23.2 Å². The molecule has 0 saturated carbocycles. The Kier molecular flexibility index (Phi) is 4.98. The van der Waals surface area contributed by atoms with Crippen LogP contribution in [0.1, 0.15) is 16.2 Å². The molecule has 3 aromatic rings. The maximum Gasteiger partial charge on any atom is 0.274 e. The number of nitrogens with one attached hydrogen (secondary N) is 2. The van der Waals surface area contributed by atoms with Gasteiger partial charge >= 0.3 is 0 Å². The van der Waals surface area contributed by atoms with E-state index in [-0.39, 0.29) is 5.69 Å². The van der Waals surface area contributed by atoms with Crippen molar-refractivity contribution in [2.45, 2.75) is 6.54 Å². The summed E-state index contributed by atoms with van der Waals surface area (Å²) >= 11 is 11.8. The molecule has 0 bridgehead atoms. The van der Waals surface area contributed by atoms with Crippen molar-refractivity contribution in [2.24, 2.45) is 0 Å². The second-order valence-electron chi connectivity index (χ2n) is 4.83. The molecule has 2 aromatic heterocycles. The zero-order valence-corrected chi connectivity index (χ0v) is 13.8. The number of furan rings is 1. The maximum atomic E-state index is 12.3. The van der Waals surface area contributed by atoms with Gasteiger partial charge in [-0.25, -0.2) is 9.97 Å². The van der Waals surface area contributed by atoms with Crippen LogP contribution < -0.4 is 10.6 Å². The Morgan fingerprint density at radius 1 is 1.12 bits per heavy atom. The van der Waals surface area contributed by atoms with Crippen molar-refractivity contribution in [3.8, 4) is 0 Å². The van der Waals surface area contributed by atoms with Gasteiger partial charge in [0.2, 0.25) is 0 Å². The average molecular weight is 363 g/mol. The molecule has 0 fully saturated rings. The molecule has 0 atom stereocenters. The van der Waals surface area contributed by atoms with E-state index in [9.17, 15) is 4.79 Å². The SMILES string of the molecule is O=C(Nc1cc(Cl)cc(Cl)c1)c1cc(NCc2ccco2)ncn1. The van der Waals surface area contributed by atoms with Gasteiger partial charge in [-0.2, -0.15) is 0 Å². The molecule has 3 rings (SSSR count). The number of hydrogen-bond donors (Lipinski definition) is 2. The van der Waals surface area contributed by atoms with Gasteiger partial charge in [0, 0.05) is 21.8 Å². The van der Waals surface area contributed by atoms with Crippen molar-refractivity contribution in [3.63, 3.8) is 0 Å². The molecule has 0 aliphatic carbocycles. The molecule has 8 heteroatoms. The Bertz CT molecular complexity index is 833. The first-order valence-electron chi connectivity index (χ1n) is 6.96. The molecule has 2 N–H and O–H groups in total. The summed E-state index contributed by atoms with van der Waals surface area (Å²) in [4.78, 5) is 20.3. The van der Waals surface area contributed by atoms with Crippen LogP contribution in [0.2, 0.25) is 10.0 Å². The minimum atomic E-state index is -0.392. The largest absolute Gasteiger partial charge is 0.467 e. The molecule has 122 valence electrons. The quantitative estimate of drug-likeness (QED) is 0.709. The first-order valence-corrected chi connectivity index (χ1v) is 7.71. The number of nitrogens with zero attached hydrogens (tertiary/aromatic N) is 2. The summed E-state index contributed by atoms with van der Waals surface area (Å²) in [6.07, 6.45) is 2.90. The monoisotopic (exact) mass is 362 g/mol. The number of carbonyl (C=O) groups is 1. The van der Waals surface area contributed by atoms with Gasteiger partial charge in [0.25, 0.3) is 5.91 Å². The Labute approximate surface area is 147 Å². The van der Waals surface area contributed by atoms with Crippen molar-refractivity contribution in [3.05, 3.63) is 70.5 Å². The Morgan fingerprint density at radius 2 is 1.92 bits per heavy atom. The summed E-state index contributed by atoms with van der Waals surface area (Å²) in [7, 11) is 0. The first-order chi connectivity index (χ1) is 11.6. The van der Waals surface area contributed by atoms with E-state index >= 15 is 0 Å². The number of rotatable bonds is 5. The molecular weight excluding hydrogens is 351 g/mol. The normalized spacial score (nSPS) is 10.4. The third kappa shape index (κ3) is 4.24. The van der Waals surface area contributed by atoms with Crippen molar-refractivity contribution in [1.29, 1.82) is 0 Å². The van der Waals surface area contributed by atoms with Gasteiger partial charge in [0.1, 0.15) is 23.6 Å². The molecular formula is C16H12Cl2N4O2. The highest BCUT2D eigenvalue weighted by Gasteiger charge is 2.10. The Morgan fingerprint density at radius 3 is 2.62 bits per heavy atom. The number of anilines is 2. The summed E-state index contributed by atoms with van der Waals surface area (Å²) in [6.45, 7) is 0.453. The number of amides is 1. The van der Waals surface area contributed by atoms with Gasteiger partial charge in [-0.1, -0.05) is 23.2 Å². The molecule has 1 aromatic carbocycles. The summed E-state index contributed by atoms with van der Waals surface area (Å²) in [5.74, 6) is 0.876. The smallest absolute Gasteiger partial charge is 0.274 e. The van der Waals surface area contributed by atoms with Crippen molar-refractivity contribution in [2.75, 3.05) is 10.6 Å². The third-order valence-corrected chi connectivity index (χ3v) is 3.48. The van der Waals surface area contributed by atoms with Gasteiger partial charge in [-0.15, -0.1) is 0 Å². The zero-order chi connectivity index (χ0) is 16.9. The predicted octanol–water partition coefficient (Wildman–Crippen LogP) is 4.24. The third-order valence-electron chi connectivity index (χ3n) is 3.04. The van der Waals surface area contributed by atoms with Crippen LogP contribution in [0, 0.1) is 0 Å². The Balaban J connectivity index is 1.69. The molecule has 24 heavy (non-hydrogen) atoms. The van der Waals surface area contributed by atoms with Crippen molar-refractivity contribution in [1.82, 2.24) is 9.97 Å². The van der Waals surface area contributed by atoms with E-state index in [1.807, 2.05) is 6.07 Å². The highest BCUT2D eigenvalue weighted by molar-refractivity contribution is 6.35. The first kappa shape index (κ1) is 16.3. The summed E-state index contributed by atoms with van der Waals surface area (Å²) in [5, 5.41) is 6.61. The van der Waals surface area contributed by atoms with Crippen LogP contribution in [-0.2, 0) is 6.54 Å². The van der Waals surface area contributed by atoms with Gasteiger partial charge in [-0.05, 0) is 30.3 Å². The molecule has 0 saturated heterocycles. The van der Waals surface area contributed by atoms with Crippen molar-refractivity contribution < 1.29 is 9.21 Å².